The summed E-state index contributed by atoms with van der Waals surface area (Å²) < 4.78 is 7.87. The van der Waals surface area contributed by atoms with Crippen LogP contribution in [0.2, 0.25) is 0 Å². The molecule has 1 heterocycles. The summed E-state index contributed by atoms with van der Waals surface area (Å²) in [7, 11) is 0. The Morgan fingerprint density at radius 2 is 1.88 bits per heavy atom. The van der Waals surface area contributed by atoms with Crippen LogP contribution in [0.3, 0.4) is 0 Å². The van der Waals surface area contributed by atoms with E-state index in [0.29, 0.717) is 30.5 Å². The molecule has 7 nitrogen and oxygen atoms in total. The maximum absolute atomic E-state index is 12.5. The van der Waals surface area contributed by atoms with Gasteiger partial charge in [-0.1, -0.05) is 26.0 Å². The van der Waals surface area contributed by atoms with Crippen LogP contribution in [0.5, 0.6) is 5.75 Å². The van der Waals surface area contributed by atoms with Gasteiger partial charge in [-0.2, -0.15) is 0 Å². The molecule has 0 radical (unpaired) electrons. The van der Waals surface area contributed by atoms with Gasteiger partial charge in [0.05, 0.1) is 12.3 Å². The Labute approximate surface area is 152 Å². The maximum atomic E-state index is 12.5. The highest BCUT2D eigenvalue weighted by molar-refractivity contribution is 5.75. The van der Waals surface area contributed by atoms with E-state index in [9.17, 15) is 14.4 Å². The van der Waals surface area contributed by atoms with E-state index in [1.807, 2.05) is 6.92 Å². The first-order valence-electron chi connectivity index (χ1n) is 8.75. The summed E-state index contributed by atoms with van der Waals surface area (Å²) in [6, 6.07) is 6.99. The van der Waals surface area contributed by atoms with E-state index in [-0.39, 0.29) is 12.5 Å². The molecule has 0 aliphatic rings. The van der Waals surface area contributed by atoms with Gasteiger partial charge in [0.15, 0.2) is 0 Å². The van der Waals surface area contributed by atoms with Gasteiger partial charge in [-0.25, -0.2) is 0 Å². The summed E-state index contributed by atoms with van der Waals surface area (Å²) in [6.45, 7) is 6.78. The summed E-state index contributed by atoms with van der Waals surface area (Å²) in [5.74, 6) is 0.702. The smallest absolute Gasteiger partial charge is 0.321 e. The van der Waals surface area contributed by atoms with Gasteiger partial charge in [-0.3, -0.25) is 23.5 Å². The van der Waals surface area contributed by atoms with Crippen molar-refractivity contribution in [3.63, 3.8) is 0 Å². The average Bonchev–Trinajstić information content (AvgIpc) is 2.60. The van der Waals surface area contributed by atoms with E-state index in [1.165, 1.54) is 17.0 Å². The van der Waals surface area contributed by atoms with Gasteiger partial charge in [-0.05, 0) is 31.4 Å². The summed E-state index contributed by atoms with van der Waals surface area (Å²) >= 11 is 0. The molecule has 1 amide bonds. The van der Waals surface area contributed by atoms with Crippen molar-refractivity contribution in [1.82, 2.24) is 14.5 Å². The lowest BCUT2D eigenvalue weighted by molar-refractivity contribution is -0.121. The molecule has 0 fully saturated rings. The van der Waals surface area contributed by atoms with Crippen LogP contribution < -0.4 is 21.2 Å². The lowest BCUT2D eigenvalue weighted by Gasteiger charge is -2.13. The van der Waals surface area contributed by atoms with Gasteiger partial charge in [0.1, 0.15) is 12.3 Å². The highest BCUT2D eigenvalue weighted by Crippen LogP contribution is 2.20. The van der Waals surface area contributed by atoms with E-state index in [4.69, 9.17) is 4.74 Å². The van der Waals surface area contributed by atoms with Crippen LogP contribution in [0.1, 0.15) is 27.2 Å². The van der Waals surface area contributed by atoms with Crippen molar-refractivity contribution < 1.29 is 9.53 Å². The molecule has 26 heavy (non-hydrogen) atoms. The fourth-order valence-corrected chi connectivity index (χ4v) is 2.47. The highest BCUT2D eigenvalue weighted by atomic mass is 16.5. The standard InChI is InChI=1S/C19H25N3O4/c1-4-26-16-8-6-5-7-15(16)22-12-11-21(18(24)19(22)25)13-17(23)20-10-9-14(2)3/h5-8,11-12,14H,4,9-10,13H2,1-3H3,(H,20,23). The number of nitrogens with zero attached hydrogens (tertiary/aromatic N) is 2. The Morgan fingerprint density at radius 1 is 1.15 bits per heavy atom. The number of hydrogen-bond donors (Lipinski definition) is 1. The Balaban J connectivity index is 2.23. The average molecular weight is 359 g/mol. The Hall–Kier alpha value is -2.83. The van der Waals surface area contributed by atoms with Gasteiger partial charge in [0.25, 0.3) is 0 Å². The first-order chi connectivity index (χ1) is 12.4. The molecule has 0 aliphatic carbocycles. The van der Waals surface area contributed by atoms with Crippen molar-refractivity contribution in [3.8, 4) is 11.4 Å². The zero-order valence-corrected chi connectivity index (χ0v) is 15.4. The number of nitrogens with one attached hydrogen (secondary N) is 1. The molecule has 0 bridgehead atoms. The van der Waals surface area contributed by atoms with Crippen molar-refractivity contribution in [2.45, 2.75) is 33.7 Å². The van der Waals surface area contributed by atoms with Gasteiger partial charge in [0, 0.05) is 18.9 Å². The molecule has 0 saturated heterocycles. The molecule has 1 N–H and O–H groups in total. The monoisotopic (exact) mass is 359 g/mol. The van der Waals surface area contributed by atoms with Crippen molar-refractivity contribution in [3.05, 3.63) is 57.4 Å². The zero-order chi connectivity index (χ0) is 19.1. The van der Waals surface area contributed by atoms with Crippen molar-refractivity contribution in [2.75, 3.05) is 13.2 Å². The predicted octanol–water partition coefficient (Wildman–Crippen LogP) is 1.56. The largest absolute Gasteiger partial charge is 0.492 e. The van der Waals surface area contributed by atoms with E-state index in [1.54, 1.807) is 24.3 Å². The molecule has 0 atom stereocenters. The summed E-state index contributed by atoms with van der Waals surface area (Å²) in [5, 5.41) is 2.75. The van der Waals surface area contributed by atoms with Gasteiger partial charge >= 0.3 is 11.1 Å². The zero-order valence-electron chi connectivity index (χ0n) is 15.4. The third-order valence-corrected chi connectivity index (χ3v) is 3.84. The van der Waals surface area contributed by atoms with Gasteiger partial charge < -0.3 is 10.1 Å². The number of aromatic nitrogens is 2. The molecule has 2 rings (SSSR count). The molecule has 7 heteroatoms. The minimum atomic E-state index is -0.752. The van der Waals surface area contributed by atoms with Crippen LogP contribution >= 0.6 is 0 Å². The highest BCUT2D eigenvalue weighted by Gasteiger charge is 2.12. The Kier molecular flexibility index (Phi) is 6.77. The van der Waals surface area contributed by atoms with Crippen LogP contribution in [0.15, 0.2) is 46.2 Å². The minimum absolute atomic E-state index is 0.180. The first-order valence-corrected chi connectivity index (χ1v) is 8.75. The molecule has 1 aromatic heterocycles. The number of rotatable bonds is 8. The normalized spacial score (nSPS) is 10.8. The molecule has 0 saturated carbocycles. The second-order valence-electron chi connectivity index (χ2n) is 6.34. The number of carbonyl (C=O) groups is 1. The van der Waals surface area contributed by atoms with Crippen LogP contribution in [0, 0.1) is 5.92 Å². The van der Waals surface area contributed by atoms with Crippen LogP contribution in [0.25, 0.3) is 5.69 Å². The lowest BCUT2D eigenvalue weighted by Crippen LogP contribution is -2.42. The SMILES string of the molecule is CCOc1ccccc1-n1ccn(CC(=O)NCCC(C)C)c(=O)c1=O. The number of hydrogen-bond acceptors (Lipinski definition) is 4. The molecular weight excluding hydrogens is 334 g/mol. The minimum Gasteiger partial charge on any atom is -0.492 e. The summed E-state index contributed by atoms with van der Waals surface area (Å²) in [6.07, 6.45) is 3.77. The van der Waals surface area contributed by atoms with E-state index < -0.39 is 11.1 Å². The fourth-order valence-electron chi connectivity index (χ4n) is 2.47. The Bertz CT molecular complexity index is 868. The van der Waals surface area contributed by atoms with E-state index >= 15 is 0 Å². The second-order valence-corrected chi connectivity index (χ2v) is 6.34. The van der Waals surface area contributed by atoms with Crippen LogP contribution in [-0.4, -0.2) is 28.2 Å². The molecule has 0 unspecified atom stereocenters. The number of para-hydroxylation sites is 2. The molecule has 0 spiro atoms. The predicted molar refractivity (Wildman–Crippen MR) is 99.9 cm³/mol. The number of amides is 1. The van der Waals surface area contributed by atoms with Crippen molar-refractivity contribution in [2.24, 2.45) is 5.92 Å². The number of carbonyl (C=O) groups excluding carboxylic acids is 1. The van der Waals surface area contributed by atoms with Crippen molar-refractivity contribution in [1.29, 1.82) is 0 Å². The fraction of sp³-hybridized carbons (Fsp3) is 0.421. The maximum Gasteiger partial charge on any atom is 0.321 e. The molecular formula is C19H25N3O4. The van der Waals surface area contributed by atoms with Crippen molar-refractivity contribution >= 4 is 5.91 Å². The van der Waals surface area contributed by atoms with Gasteiger partial charge in [-0.15, -0.1) is 0 Å². The number of ether oxygens (including phenoxy) is 1. The Morgan fingerprint density at radius 3 is 2.58 bits per heavy atom. The summed E-state index contributed by atoms with van der Waals surface area (Å²) in [5.41, 5.74) is -0.988. The molecule has 0 aliphatic heterocycles. The summed E-state index contributed by atoms with van der Waals surface area (Å²) in [4.78, 5) is 36.8. The third-order valence-electron chi connectivity index (χ3n) is 3.84. The van der Waals surface area contributed by atoms with Crippen LogP contribution in [-0.2, 0) is 11.3 Å². The third kappa shape index (κ3) is 4.84. The second kappa shape index (κ2) is 9.03. The molecule has 1 aromatic carbocycles. The van der Waals surface area contributed by atoms with Gasteiger partial charge in [0.2, 0.25) is 5.91 Å². The quantitative estimate of drug-likeness (QED) is 0.725. The topological polar surface area (TPSA) is 82.3 Å². The molecule has 140 valence electrons. The number of benzene rings is 1. The lowest BCUT2D eigenvalue weighted by atomic mass is 10.1. The van der Waals surface area contributed by atoms with E-state index in [2.05, 4.69) is 19.2 Å². The molecule has 2 aromatic rings. The van der Waals surface area contributed by atoms with E-state index in [0.717, 1.165) is 11.0 Å². The van der Waals surface area contributed by atoms with Crippen LogP contribution in [0.4, 0.5) is 0 Å². The first kappa shape index (κ1) is 19.5.